The maximum atomic E-state index is 13.7. The number of benzene rings is 1. The van der Waals surface area contributed by atoms with E-state index in [1.807, 2.05) is 0 Å². The van der Waals surface area contributed by atoms with E-state index in [0.29, 0.717) is 4.31 Å². The fraction of sp³-hybridized carbons (Fsp3) is 0.571. The molecule has 0 radical (unpaired) electrons. The SMILES string of the molecule is O=S(=O)(c1ccccc1)N1CC2CCCS(=O)(=O)C2(C(F)(F)F)C1. The quantitative estimate of drug-likeness (QED) is 0.781. The zero-order valence-corrected chi connectivity index (χ0v) is 14.2. The third kappa shape index (κ3) is 2.38. The first-order valence-electron chi connectivity index (χ1n) is 7.36. The van der Waals surface area contributed by atoms with Gasteiger partial charge in [-0.15, -0.1) is 0 Å². The molecule has 0 saturated carbocycles. The summed E-state index contributed by atoms with van der Waals surface area (Å²) in [6.07, 6.45) is -4.86. The zero-order chi connectivity index (χ0) is 17.8. The predicted molar refractivity (Wildman–Crippen MR) is 80.5 cm³/mol. The summed E-state index contributed by atoms with van der Waals surface area (Å²) < 4.78 is 88.8. The van der Waals surface area contributed by atoms with Gasteiger partial charge in [0.1, 0.15) is 0 Å². The predicted octanol–water partition coefficient (Wildman–Crippen LogP) is 1.82. The van der Waals surface area contributed by atoms with Gasteiger partial charge in [0.15, 0.2) is 14.6 Å². The van der Waals surface area contributed by atoms with Crippen LogP contribution in [0.5, 0.6) is 0 Å². The standard InChI is InChI=1S/C14H16F3NO4S2/c15-14(16,17)13-10-18(9-11(13)5-4-8-23(13,19)20)24(21,22)12-6-2-1-3-7-12/h1-3,6-7,11H,4-5,8-10H2. The van der Waals surface area contributed by atoms with E-state index in [4.69, 9.17) is 0 Å². The fourth-order valence-corrected chi connectivity index (χ4v) is 7.60. The first kappa shape index (κ1) is 17.7. The second-order valence-electron chi connectivity index (χ2n) is 6.16. The first-order valence-corrected chi connectivity index (χ1v) is 10.5. The van der Waals surface area contributed by atoms with E-state index < -0.39 is 55.5 Å². The van der Waals surface area contributed by atoms with Gasteiger partial charge >= 0.3 is 6.18 Å². The van der Waals surface area contributed by atoms with Gasteiger partial charge < -0.3 is 0 Å². The van der Waals surface area contributed by atoms with Gasteiger partial charge in [-0.25, -0.2) is 16.8 Å². The van der Waals surface area contributed by atoms with Crippen molar-refractivity contribution in [3.05, 3.63) is 30.3 Å². The molecule has 2 heterocycles. The largest absolute Gasteiger partial charge is 0.409 e. The van der Waals surface area contributed by atoms with Gasteiger partial charge in [-0.2, -0.15) is 17.5 Å². The molecule has 0 amide bonds. The first-order chi connectivity index (χ1) is 11.0. The van der Waals surface area contributed by atoms with Crippen LogP contribution in [0.25, 0.3) is 0 Å². The van der Waals surface area contributed by atoms with Gasteiger partial charge in [0.05, 0.1) is 10.6 Å². The smallest absolute Gasteiger partial charge is 0.228 e. The van der Waals surface area contributed by atoms with Crippen LogP contribution in [-0.2, 0) is 19.9 Å². The number of hydrogen-bond donors (Lipinski definition) is 0. The lowest BCUT2D eigenvalue weighted by Crippen LogP contribution is -2.60. The molecule has 2 saturated heterocycles. The van der Waals surface area contributed by atoms with Crippen molar-refractivity contribution in [1.82, 2.24) is 4.31 Å². The van der Waals surface area contributed by atoms with E-state index in [2.05, 4.69) is 0 Å². The Morgan fingerprint density at radius 2 is 1.79 bits per heavy atom. The maximum Gasteiger partial charge on any atom is 0.409 e. The number of sulfone groups is 1. The summed E-state index contributed by atoms with van der Waals surface area (Å²) in [5.74, 6) is -1.84. The summed E-state index contributed by atoms with van der Waals surface area (Å²) in [6.45, 7) is -1.50. The Morgan fingerprint density at radius 3 is 2.33 bits per heavy atom. The Bertz CT molecular complexity index is 837. The van der Waals surface area contributed by atoms with Gasteiger partial charge in [0, 0.05) is 19.0 Å². The molecule has 0 N–H and O–H groups in total. The van der Waals surface area contributed by atoms with E-state index in [1.165, 1.54) is 24.3 Å². The lowest BCUT2D eigenvalue weighted by molar-refractivity contribution is -0.168. The number of fused-ring (bicyclic) bond motifs is 1. The molecule has 5 nitrogen and oxygen atoms in total. The zero-order valence-electron chi connectivity index (χ0n) is 12.5. The summed E-state index contributed by atoms with van der Waals surface area (Å²) in [5, 5.41) is 0. The fourth-order valence-electron chi connectivity index (χ4n) is 3.65. The van der Waals surface area contributed by atoms with Crippen LogP contribution in [-0.4, -0.2) is 50.9 Å². The molecule has 2 atom stereocenters. The summed E-state index contributed by atoms with van der Waals surface area (Å²) in [7, 11) is -8.66. The normalized spacial score (nSPS) is 30.9. The number of rotatable bonds is 2. The van der Waals surface area contributed by atoms with Gasteiger partial charge in [0.2, 0.25) is 10.0 Å². The molecular formula is C14H16F3NO4S2. The molecule has 10 heteroatoms. The molecule has 3 rings (SSSR count). The third-order valence-electron chi connectivity index (χ3n) is 4.88. The van der Waals surface area contributed by atoms with Crippen LogP contribution in [0, 0.1) is 5.92 Å². The van der Waals surface area contributed by atoms with E-state index in [9.17, 15) is 30.0 Å². The maximum absolute atomic E-state index is 13.7. The minimum absolute atomic E-state index is 0.0412. The minimum atomic E-state index is -5.02. The Labute approximate surface area is 138 Å². The summed E-state index contributed by atoms with van der Waals surface area (Å²) in [6, 6.07) is 7.08. The van der Waals surface area contributed by atoms with Gasteiger partial charge in [0.25, 0.3) is 0 Å². The Hall–Kier alpha value is -1.13. The van der Waals surface area contributed by atoms with Crippen LogP contribution in [0.15, 0.2) is 35.2 Å². The molecule has 0 aliphatic carbocycles. The number of alkyl halides is 3. The lowest BCUT2D eigenvalue weighted by Gasteiger charge is -2.39. The van der Waals surface area contributed by atoms with Gasteiger partial charge in [-0.1, -0.05) is 18.2 Å². The molecule has 1 aromatic rings. The molecule has 24 heavy (non-hydrogen) atoms. The number of nitrogens with zero attached hydrogens (tertiary/aromatic N) is 1. The highest BCUT2D eigenvalue weighted by Crippen LogP contribution is 2.52. The monoisotopic (exact) mass is 383 g/mol. The van der Waals surface area contributed by atoms with E-state index in [0.717, 1.165) is 0 Å². The summed E-state index contributed by atoms with van der Waals surface area (Å²) >= 11 is 0. The minimum Gasteiger partial charge on any atom is -0.228 e. The van der Waals surface area contributed by atoms with E-state index >= 15 is 0 Å². The van der Waals surface area contributed by atoms with Gasteiger partial charge in [-0.05, 0) is 25.0 Å². The van der Waals surface area contributed by atoms with Crippen molar-refractivity contribution >= 4 is 19.9 Å². The van der Waals surface area contributed by atoms with Crippen molar-refractivity contribution in [1.29, 1.82) is 0 Å². The van der Waals surface area contributed by atoms with Crippen molar-refractivity contribution in [2.75, 3.05) is 18.8 Å². The lowest BCUT2D eigenvalue weighted by atomic mass is 9.90. The average Bonchev–Trinajstić information content (AvgIpc) is 2.91. The van der Waals surface area contributed by atoms with Crippen molar-refractivity contribution in [2.24, 2.45) is 5.92 Å². The molecule has 0 bridgehead atoms. The summed E-state index contributed by atoms with van der Waals surface area (Å²) in [4.78, 5) is -0.140. The highest BCUT2D eigenvalue weighted by molar-refractivity contribution is 7.93. The van der Waals surface area contributed by atoms with Crippen molar-refractivity contribution in [3.63, 3.8) is 0 Å². The highest BCUT2D eigenvalue weighted by Gasteiger charge is 2.72. The second-order valence-corrected chi connectivity index (χ2v) is 10.5. The Kier molecular flexibility index (Phi) is 4.00. The molecular weight excluding hydrogens is 367 g/mol. The molecule has 2 aliphatic heterocycles. The van der Waals surface area contributed by atoms with E-state index in [1.54, 1.807) is 6.07 Å². The molecule has 2 fully saturated rings. The third-order valence-corrected chi connectivity index (χ3v) is 9.33. The number of halogens is 3. The van der Waals surface area contributed by atoms with Crippen LogP contribution in [0.4, 0.5) is 13.2 Å². The molecule has 134 valence electrons. The summed E-state index contributed by atoms with van der Waals surface area (Å²) in [5.41, 5.74) is 0. The number of sulfonamides is 1. The van der Waals surface area contributed by atoms with Crippen LogP contribution < -0.4 is 0 Å². The molecule has 0 aromatic heterocycles. The topological polar surface area (TPSA) is 71.5 Å². The van der Waals surface area contributed by atoms with Crippen LogP contribution >= 0.6 is 0 Å². The van der Waals surface area contributed by atoms with Gasteiger partial charge in [-0.3, -0.25) is 0 Å². The Balaban J connectivity index is 2.08. The van der Waals surface area contributed by atoms with Crippen molar-refractivity contribution in [2.45, 2.75) is 28.7 Å². The second kappa shape index (κ2) is 5.43. The van der Waals surface area contributed by atoms with Crippen LogP contribution in [0.1, 0.15) is 12.8 Å². The van der Waals surface area contributed by atoms with Crippen molar-refractivity contribution in [3.8, 4) is 0 Å². The molecule has 2 aliphatic rings. The van der Waals surface area contributed by atoms with Crippen LogP contribution in [0.3, 0.4) is 0 Å². The number of hydrogen-bond acceptors (Lipinski definition) is 4. The molecule has 2 unspecified atom stereocenters. The molecule has 1 aromatic carbocycles. The highest BCUT2D eigenvalue weighted by atomic mass is 32.2. The van der Waals surface area contributed by atoms with Crippen molar-refractivity contribution < 1.29 is 30.0 Å². The van der Waals surface area contributed by atoms with Crippen LogP contribution in [0.2, 0.25) is 0 Å². The Morgan fingerprint density at radius 1 is 1.17 bits per heavy atom. The average molecular weight is 383 g/mol. The molecule has 0 spiro atoms. The van der Waals surface area contributed by atoms with E-state index in [-0.39, 0.29) is 17.7 Å².